The van der Waals surface area contributed by atoms with Crippen molar-refractivity contribution in [1.29, 1.82) is 0 Å². The molecule has 1 fully saturated rings. The van der Waals surface area contributed by atoms with Crippen LogP contribution in [0.3, 0.4) is 0 Å². The van der Waals surface area contributed by atoms with Crippen LogP contribution < -0.4 is 10.2 Å². The summed E-state index contributed by atoms with van der Waals surface area (Å²) in [6.45, 7) is 2.57. The number of ether oxygens (including phenoxy) is 3. The van der Waals surface area contributed by atoms with Crippen molar-refractivity contribution in [3.63, 3.8) is 0 Å². The maximum Gasteiger partial charge on any atom is 0.303 e. The molecular weight excluding hydrogens is 452 g/mol. The average Bonchev–Trinajstić information content (AvgIpc) is 2.76. The summed E-state index contributed by atoms with van der Waals surface area (Å²) in [6, 6.07) is 7.62. The van der Waals surface area contributed by atoms with Gasteiger partial charge in [-0.05, 0) is 31.2 Å². The molecule has 0 bridgehead atoms. The highest BCUT2D eigenvalue weighted by Crippen LogP contribution is 2.37. The topological polar surface area (TPSA) is 176 Å². The Labute approximate surface area is 192 Å². The summed E-state index contributed by atoms with van der Waals surface area (Å²) >= 11 is 0. The van der Waals surface area contributed by atoms with Crippen LogP contribution >= 0.6 is 0 Å². The maximum absolute atomic E-state index is 13.4. The summed E-state index contributed by atoms with van der Waals surface area (Å²) in [6.07, 6.45) is -6.98. The van der Waals surface area contributed by atoms with Crippen molar-refractivity contribution in [2.75, 3.05) is 0 Å². The molecule has 2 heterocycles. The maximum atomic E-state index is 13.4. The number of aromatic hydroxyl groups is 3. The molecule has 0 radical (unpaired) electrons. The molecule has 0 amide bonds. The lowest BCUT2D eigenvalue weighted by atomic mass is 9.99. The predicted octanol–water partition coefficient (Wildman–Crippen LogP) is 1.35. The van der Waals surface area contributed by atoms with Crippen molar-refractivity contribution in [2.24, 2.45) is 0 Å². The van der Waals surface area contributed by atoms with Crippen molar-refractivity contribution >= 4 is 16.9 Å². The molecule has 4 rings (SSSR count). The fourth-order valence-electron chi connectivity index (χ4n) is 3.72. The van der Waals surface area contributed by atoms with Gasteiger partial charge in [0.15, 0.2) is 18.0 Å². The number of fused-ring (bicyclic) bond motifs is 1. The molecule has 34 heavy (non-hydrogen) atoms. The van der Waals surface area contributed by atoms with Crippen LogP contribution in [-0.2, 0) is 14.3 Å². The van der Waals surface area contributed by atoms with Gasteiger partial charge in [-0.15, -0.1) is 0 Å². The van der Waals surface area contributed by atoms with E-state index in [1.807, 2.05) is 0 Å². The standard InChI is InChI=1S/C23H22O11/c1-9-17(28)21(32-10(2)24)19(30)23(31-9)34-22-18(29)16-14(27)7-13(26)8-15(16)33-20(22)11-3-5-12(25)6-4-11/h3-9,17,19,21,23,25-28,30H,1-2H3/t9?,17-,19-,21?,23-/m0/s1. The molecule has 1 aliphatic heterocycles. The number of rotatable bonds is 4. The largest absolute Gasteiger partial charge is 0.508 e. The highest BCUT2D eigenvalue weighted by atomic mass is 16.7. The van der Waals surface area contributed by atoms with E-state index >= 15 is 0 Å². The normalized spacial score (nSPS) is 24.6. The lowest BCUT2D eigenvalue weighted by Gasteiger charge is -2.40. The zero-order chi connectivity index (χ0) is 24.7. The lowest BCUT2D eigenvalue weighted by Crippen LogP contribution is -2.59. The van der Waals surface area contributed by atoms with Crippen molar-refractivity contribution in [3.8, 4) is 34.3 Å². The Kier molecular flexibility index (Phi) is 6.09. The minimum Gasteiger partial charge on any atom is -0.508 e. The second-order valence-corrected chi connectivity index (χ2v) is 7.86. The molecule has 2 aromatic carbocycles. The van der Waals surface area contributed by atoms with Crippen LogP contribution in [0.15, 0.2) is 45.6 Å². The molecule has 1 saturated heterocycles. The monoisotopic (exact) mass is 474 g/mol. The zero-order valence-electron chi connectivity index (χ0n) is 18.0. The molecule has 3 aromatic rings. The summed E-state index contributed by atoms with van der Waals surface area (Å²) in [5.74, 6) is -2.35. The second-order valence-electron chi connectivity index (χ2n) is 7.86. The molecule has 2 unspecified atom stereocenters. The minimum atomic E-state index is -1.69. The number of hydrogen-bond donors (Lipinski definition) is 5. The molecule has 0 aliphatic carbocycles. The smallest absolute Gasteiger partial charge is 0.303 e. The molecule has 11 nitrogen and oxygen atoms in total. The number of carbonyl (C=O) groups excluding carboxylic acids is 1. The van der Waals surface area contributed by atoms with Crippen LogP contribution in [0.1, 0.15) is 13.8 Å². The molecule has 11 heteroatoms. The van der Waals surface area contributed by atoms with E-state index in [4.69, 9.17) is 18.6 Å². The van der Waals surface area contributed by atoms with Gasteiger partial charge < -0.3 is 44.2 Å². The fraction of sp³-hybridized carbons (Fsp3) is 0.304. The van der Waals surface area contributed by atoms with E-state index in [0.717, 1.165) is 19.1 Å². The number of phenols is 3. The lowest BCUT2D eigenvalue weighted by molar-refractivity contribution is -0.272. The van der Waals surface area contributed by atoms with Gasteiger partial charge in [-0.3, -0.25) is 9.59 Å². The van der Waals surface area contributed by atoms with E-state index in [1.54, 1.807) is 0 Å². The number of aliphatic hydroxyl groups excluding tert-OH is 2. The van der Waals surface area contributed by atoms with Crippen LogP contribution in [-0.4, -0.2) is 62.2 Å². The van der Waals surface area contributed by atoms with Gasteiger partial charge in [-0.1, -0.05) is 0 Å². The van der Waals surface area contributed by atoms with Crippen LogP contribution in [0.4, 0.5) is 0 Å². The van der Waals surface area contributed by atoms with Crippen LogP contribution in [0.2, 0.25) is 0 Å². The van der Waals surface area contributed by atoms with Gasteiger partial charge in [0.1, 0.15) is 34.3 Å². The number of benzene rings is 2. The van der Waals surface area contributed by atoms with Gasteiger partial charge >= 0.3 is 5.97 Å². The number of carbonyl (C=O) groups is 1. The average molecular weight is 474 g/mol. The molecular formula is C23H22O11. The first kappa shape index (κ1) is 23.4. The second kappa shape index (κ2) is 8.86. The van der Waals surface area contributed by atoms with Crippen LogP contribution in [0.25, 0.3) is 22.3 Å². The Bertz CT molecular complexity index is 1280. The summed E-state index contributed by atoms with van der Waals surface area (Å²) in [5, 5.41) is 50.3. The van der Waals surface area contributed by atoms with Gasteiger partial charge in [-0.2, -0.15) is 0 Å². The summed E-state index contributed by atoms with van der Waals surface area (Å²) in [7, 11) is 0. The molecule has 5 atom stereocenters. The number of aliphatic hydroxyl groups is 2. The van der Waals surface area contributed by atoms with Gasteiger partial charge in [0.25, 0.3) is 0 Å². The van der Waals surface area contributed by atoms with Crippen molar-refractivity contribution in [2.45, 2.75) is 44.6 Å². The Morgan fingerprint density at radius 1 is 1.00 bits per heavy atom. The predicted molar refractivity (Wildman–Crippen MR) is 115 cm³/mol. The minimum absolute atomic E-state index is 0.0530. The molecule has 180 valence electrons. The fourth-order valence-corrected chi connectivity index (χ4v) is 3.72. The number of phenolic OH excluding ortho intramolecular Hbond substituents is 3. The van der Waals surface area contributed by atoms with Gasteiger partial charge in [0, 0.05) is 24.6 Å². The third kappa shape index (κ3) is 4.23. The van der Waals surface area contributed by atoms with Crippen LogP contribution in [0, 0.1) is 0 Å². The van der Waals surface area contributed by atoms with Crippen LogP contribution in [0.5, 0.6) is 23.0 Å². The third-order valence-electron chi connectivity index (χ3n) is 5.36. The van der Waals surface area contributed by atoms with Crippen molar-refractivity contribution < 1.29 is 49.0 Å². The molecule has 1 aliphatic rings. The Hall–Kier alpha value is -3.80. The molecule has 5 N–H and O–H groups in total. The van der Waals surface area contributed by atoms with E-state index in [0.29, 0.717) is 0 Å². The third-order valence-corrected chi connectivity index (χ3v) is 5.36. The van der Waals surface area contributed by atoms with E-state index < -0.39 is 53.6 Å². The molecule has 1 aromatic heterocycles. The first-order valence-electron chi connectivity index (χ1n) is 10.2. The number of esters is 1. The first-order valence-corrected chi connectivity index (χ1v) is 10.2. The highest BCUT2D eigenvalue weighted by molar-refractivity contribution is 5.88. The van der Waals surface area contributed by atoms with Crippen molar-refractivity contribution in [3.05, 3.63) is 46.6 Å². The summed E-state index contributed by atoms with van der Waals surface area (Å²) in [5.41, 5.74) is -0.713. The molecule has 0 spiro atoms. The SMILES string of the molecule is CC(=O)OC1[C@@H](O)C(C)O[C@@H](Oc2c(-c3ccc(O)cc3)oc3cc(O)cc(O)c3c2=O)[C@H]1O. The van der Waals surface area contributed by atoms with E-state index in [-0.39, 0.29) is 33.8 Å². The summed E-state index contributed by atoms with van der Waals surface area (Å²) < 4.78 is 22.0. The molecule has 0 saturated carbocycles. The zero-order valence-corrected chi connectivity index (χ0v) is 18.0. The Morgan fingerprint density at radius 3 is 2.32 bits per heavy atom. The summed E-state index contributed by atoms with van der Waals surface area (Å²) in [4.78, 5) is 24.8. The van der Waals surface area contributed by atoms with Gasteiger partial charge in [-0.25, -0.2) is 0 Å². The van der Waals surface area contributed by atoms with E-state index in [1.165, 1.54) is 31.2 Å². The van der Waals surface area contributed by atoms with E-state index in [2.05, 4.69) is 0 Å². The first-order chi connectivity index (χ1) is 16.1. The number of hydrogen-bond acceptors (Lipinski definition) is 11. The highest BCUT2D eigenvalue weighted by Gasteiger charge is 2.46. The van der Waals surface area contributed by atoms with Gasteiger partial charge in [0.05, 0.1) is 6.10 Å². The quantitative estimate of drug-likeness (QED) is 0.345. The van der Waals surface area contributed by atoms with Gasteiger partial charge in [0.2, 0.25) is 17.5 Å². The Morgan fingerprint density at radius 2 is 1.68 bits per heavy atom. The Balaban J connectivity index is 1.86. The van der Waals surface area contributed by atoms with E-state index in [9.17, 15) is 35.1 Å². The van der Waals surface area contributed by atoms with Crippen molar-refractivity contribution in [1.82, 2.24) is 0 Å².